The molecule has 8 nitrogen and oxygen atoms in total. The molecule has 2 rings (SSSR count). The number of methoxy groups -OCH3 is 3. The van der Waals surface area contributed by atoms with Crippen molar-refractivity contribution in [3.8, 4) is 11.5 Å². The first-order chi connectivity index (χ1) is 13.6. The van der Waals surface area contributed by atoms with E-state index in [2.05, 4.69) is 15.6 Å². The van der Waals surface area contributed by atoms with Crippen molar-refractivity contribution >= 4 is 11.8 Å². The summed E-state index contributed by atoms with van der Waals surface area (Å²) in [6, 6.07) is 8.43. The van der Waals surface area contributed by atoms with Crippen molar-refractivity contribution in [3.63, 3.8) is 0 Å². The van der Waals surface area contributed by atoms with Gasteiger partial charge in [0.15, 0.2) is 11.5 Å². The maximum absolute atomic E-state index is 12.4. The molecule has 0 saturated heterocycles. The molecule has 0 spiro atoms. The molecule has 1 heterocycles. The molecule has 0 bridgehead atoms. The van der Waals surface area contributed by atoms with Crippen LogP contribution in [-0.2, 0) is 11.3 Å². The first-order valence-corrected chi connectivity index (χ1v) is 8.81. The van der Waals surface area contributed by atoms with E-state index in [0.717, 1.165) is 5.56 Å². The number of aromatic nitrogens is 1. The molecule has 0 aliphatic heterocycles. The van der Waals surface area contributed by atoms with Crippen LogP contribution in [0.1, 0.15) is 32.8 Å². The SMILES string of the molecule is COCCCNC(=O)c1ccnc(C(=O)NCc2ccc(OC)c(OC)c2)c1. The van der Waals surface area contributed by atoms with Gasteiger partial charge in [-0.05, 0) is 36.2 Å². The van der Waals surface area contributed by atoms with E-state index in [1.165, 1.54) is 12.3 Å². The number of carbonyl (C=O) groups is 2. The Balaban J connectivity index is 1.96. The molecule has 28 heavy (non-hydrogen) atoms. The summed E-state index contributed by atoms with van der Waals surface area (Å²) >= 11 is 0. The molecule has 1 aromatic heterocycles. The van der Waals surface area contributed by atoms with Crippen molar-refractivity contribution < 1.29 is 23.8 Å². The largest absolute Gasteiger partial charge is 0.493 e. The van der Waals surface area contributed by atoms with Gasteiger partial charge in [-0.15, -0.1) is 0 Å². The standard InChI is InChI=1S/C20H25N3O5/c1-26-10-4-8-22-19(24)15-7-9-21-16(12-15)20(25)23-13-14-5-6-17(27-2)18(11-14)28-3/h5-7,9,11-12H,4,8,10,13H2,1-3H3,(H,22,24)(H,23,25). The average molecular weight is 387 g/mol. The second kappa shape index (κ2) is 10.9. The van der Waals surface area contributed by atoms with Crippen LogP contribution >= 0.6 is 0 Å². The molecule has 0 saturated carbocycles. The van der Waals surface area contributed by atoms with Gasteiger partial charge in [0.1, 0.15) is 5.69 Å². The molecule has 0 fully saturated rings. The number of rotatable bonds is 10. The van der Waals surface area contributed by atoms with E-state index in [0.29, 0.717) is 36.6 Å². The van der Waals surface area contributed by atoms with Crippen LogP contribution in [0, 0.1) is 0 Å². The molecule has 8 heteroatoms. The summed E-state index contributed by atoms with van der Waals surface area (Å²) in [6.07, 6.45) is 2.15. The summed E-state index contributed by atoms with van der Waals surface area (Å²) in [5, 5.41) is 5.56. The minimum Gasteiger partial charge on any atom is -0.493 e. The Bertz CT molecular complexity index is 810. The molecule has 0 aliphatic rings. The molecular weight excluding hydrogens is 362 g/mol. The van der Waals surface area contributed by atoms with Crippen molar-refractivity contribution in [2.24, 2.45) is 0 Å². The normalized spacial score (nSPS) is 10.2. The topological polar surface area (TPSA) is 98.8 Å². The van der Waals surface area contributed by atoms with E-state index in [9.17, 15) is 9.59 Å². The van der Waals surface area contributed by atoms with E-state index in [4.69, 9.17) is 14.2 Å². The van der Waals surface area contributed by atoms with Crippen molar-refractivity contribution in [2.75, 3.05) is 34.5 Å². The maximum Gasteiger partial charge on any atom is 0.270 e. The molecule has 1 aromatic carbocycles. The van der Waals surface area contributed by atoms with Crippen molar-refractivity contribution in [3.05, 3.63) is 53.3 Å². The zero-order valence-electron chi connectivity index (χ0n) is 16.3. The summed E-state index contributed by atoms with van der Waals surface area (Å²) in [4.78, 5) is 28.6. The number of nitrogens with one attached hydrogen (secondary N) is 2. The minimum atomic E-state index is -0.371. The lowest BCUT2D eigenvalue weighted by Crippen LogP contribution is -2.27. The highest BCUT2D eigenvalue weighted by atomic mass is 16.5. The lowest BCUT2D eigenvalue weighted by Gasteiger charge is -2.10. The van der Waals surface area contributed by atoms with E-state index in [-0.39, 0.29) is 24.1 Å². The Hall–Kier alpha value is -3.13. The summed E-state index contributed by atoms with van der Waals surface area (Å²) in [7, 11) is 4.72. The monoisotopic (exact) mass is 387 g/mol. The number of pyridine rings is 1. The lowest BCUT2D eigenvalue weighted by atomic mass is 10.2. The fourth-order valence-corrected chi connectivity index (χ4v) is 2.48. The molecular formula is C20H25N3O5. The van der Waals surface area contributed by atoms with Crippen LogP contribution in [-0.4, -0.2) is 51.3 Å². The van der Waals surface area contributed by atoms with Gasteiger partial charge in [-0.25, -0.2) is 0 Å². The number of hydrogen-bond donors (Lipinski definition) is 2. The van der Waals surface area contributed by atoms with Crippen LogP contribution in [0.3, 0.4) is 0 Å². The van der Waals surface area contributed by atoms with Gasteiger partial charge in [-0.2, -0.15) is 0 Å². The Labute approximate surface area is 164 Å². The van der Waals surface area contributed by atoms with Crippen LogP contribution in [0.15, 0.2) is 36.5 Å². The predicted octanol–water partition coefficient (Wildman–Crippen LogP) is 1.80. The zero-order chi connectivity index (χ0) is 20.4. The van der Waals surface area contributed by atoms with E-state index < -0.39 is 0 Å². The highest BCUT2D eigenvalue weighted by molar-refractivity contribution is 5.98. The third-order valence-electron chi connectivity index (χ3n) is 3.97. The Morgan fingerprint density at radius 2 is 1.75 bits per heavy atom. The predicted molar refractivity (Wildman–Crippen MR) is 104 cm³/mol. The van der Waals surface area contributed by atoms with Gasteiger partial charge in [-0.3, -0.25) is 14.6 Å². The highest BCUT2D eigenvalue weighted by Gasteiger charge is 2.12. The first kappa shape index (κ1) is 21.2. The number of hydrogen-bond acceptors (Lipinski definition) is 6. The van der Waals surface area contributed by atoms with Gasteiger partial charge >= 0.3 is 0 Å². The minimum absolute atomic E-state index is 0.171. The smallest absolute Gasteiger partial charge is 0.270 e. The van der Waals surface area contributed by atoms with Crippen LogP contribution in [0.4, 0.5) is 0 Å². The lowest BCUT2D eigenvalue weighted by molar-refractivity contribution is 0.0946. The summed E-state index contributed by atoms with van der Waals surface area (Å²) in [6.45, 7) is 1.35. The van der Waals surface area contributed by atoms with Gasteiger partial charge < -0.3 is 24.8 Å². The number of ether oxygens (including phenoxy) is 3. The van der Waals surface area contributed by atoms with Crippen molar-refractivity contribution in [1.29, 1.82) is 0 Å². The maximum atomic E-state index is 12.4. The van der Waals surface area contributed by atoms with Gasteiger partial charge in [-0.1, -0.05) is 6.07 Å². The fourth-order valence-electron chi connectivity index (χ4n) is 2.48. The van der Waals surface area contributed by atoms with Crippen molar-refractivity contribution in [1.82, 2.24) is 15.6 Å². The molecule has 0 radical (unpaired) electrons. The molecule has 2 amide bonds. The first-order valence-electron chi connectivity index (χ1n) is 8.81. The third kappa shape index (κ3) is 5.95. The zero-order valence-corrected chi connectivity index (χ0v) is 16.3. The van der Waals surface area contributed by atoms with Gasteiger partial charge in [0, 0.05) is 38.6 Å². The number of benzene rings is 1. The Kier molecular flexibility index (Phi) is 8.23. The molecule has 150 valence electrons. The summed E-state index contributed by atoms with van der Waals surface area (Å²) in [5.74, 6) is 0.569. The second-order valence-corrected chi connectivity index (χ2v) is 5.90. The summed E-state index contributed by atoms with van der Waals surface area (Å²) < 4.78 is 15.4. The Morgan fingerprint density at radius 3 is 2.46 bits per heavy atom. The van der Waals surface area contributed by atoms with Crippen LogP contribution < -0.4 is 20.1 Å². The van der Waals surface area contributed by atoms with Crippen molar-refractivity contribution in [2.45, 2.75) is 13.0 Å². The molecule has 2 aromatic rings. The van der Waals surface area contributed by atoms with Crippen LogP contribution in [0.5, 0.6) is 11.5 Å². The fraction of sp³-hybridized carbons (Fsp3) is 0.350. The van der Waals surface area contributed by atoms with E-state index >= 15 is 0 Å². The molecule has 0 aliphatic carbocycles. The van der Waals surface area contributed by atoms with Crippen LogP contribution in [0.2, 0.25) is 0 Å². The number of amides is 2. The van der Waals surface area contributed by atoms with E-state index in [1.54, 1.807) is 39.5 Å². The average Bonchev–Trinajstić information content (AvgIpc) is 2.74. The van der Waals surface area contributed by atoms with Gasteiger partial charge in [0.05, 0.1) is 14.2 Å². The van der Waals surface area contributed by atoms with E-state index in [1.807, 2.05) is 6.07 Å². The quantitative estimate of drug-likeness (QED) is 0.603. The van der Waals surface area contributed by atoms with Gasteiger partial charge in [0.25, 0.3) is 11.8 Å². The third-order valence-corrected chi connectivity index (χ3v) is 3.97. The Morgan fingerprint density at radius 1 is 0.964 bits per heavy atom. The van der Waals surface area contributed by atoms with Crippen LogP contribution in [0.25, 0.3) is 0 Å². The summed E-state index contributed by atoms with van der Waals surface area (Å²) in [5.41, 5.74) is 1.40. The molecule has 0 atom stereocenters. The van der Waals surface area contributed by atoms with Gasteiger partial charge in [0.2, 0.25) is 0 Å². The molecule has 0 unspecified atom stereocenters. The molecule has 2 N–H and O–H groups in total. The number of carbonyl (C=O) groups excluding carboxylic acids is 2. The number of nitrogens with zero attached hydrogens (tertiary/aromatic N) is 1. The second-order valence-electron chi connectivity index (χ2n) is 5.90. The highest BCUT2D eigenvalue weighted by Crippen LogP contribution is 2.27.